The van der Waals surface area contributed by atoms with Crippen LogP contribution in [0, 0.1) is 29.0 Å². The Kier molecular flexibility index (Phi) is 8.28. The fourth-order valence-electron chi connectivity index (χ4n) is 7.24. The molecule has 0 aromatic heterocycles. The van der Waals surface area contributed by atoms with E-state index in [1.807, 2.05) is 0 Å². The molecule has 0 unspecified atom stereocenters. The summed E-state index contributed by atoms with van der Waals surface area (Å²) in [6.07, 6.45) is 11.2. The molecule has 3 fully saturated rings. The van der Waals surface area contributed by atoms with E-state index in [0.717, 1.165) is 43.3 Å². The quantitative estimate of drug-likeness (QED) is 0.426. The SMILES string of the molecule is C=C1/C(=C\C=C2/CCC[C@]3(C)[C@@H]([C@H](C)CCCS(=O)(=O)c4ccc(F)cc4)CC[C@@H]23)C[C@@H](O)C[C@@H]1O. The van der Waals surface area contributed by atoms with Crippen LogP contribution in [-0.2, 0) is 9.84 Å². The Morgan fingerprint density at radius 3 is 2.64 bits per heavy atom. The number of allylic oxidation sites excluding steroid dienone is 3. The first-order chi connectivity index (χ1) is 17.0. The average molecular weight is 517 g/mol. The monoisotopic (exact) mass is 516 g/mol. The Balaban J connectivity index is 1.40. The lowest BCUT2D eigenvalue weighted by atomic mass is 9.61. The smallest absolute Gasteiger partial charge is 0.178 e. The molecule has 2 N–H and O–H groups in total. The highest BCUT2D eigenvalue weighted by molar-refractivity contribution is 7.91. The number of fused-ring (bicyclic) bond motifs is 1. The molecule has 4 rings (SSSR count). The van der Waals surface area contributed by atoms with Crippen molar-refractivity contribution >= 4 is 9.84 Å². The van der Waals surface area contributed by atoms with E-state index in [9.17, 15) is 23.0 Å². The number of hydrogen-bond donors (Lipinski definition) is 2. The van der Waals surface area contributed by atoms with Gasteiger partial charge in [0, 0.05) is 6.42 Å². The number of aliphatic hydroxyl groups is 2. The first-order valence-electron chi connectivity index (χ1n) is 13.4. The molecule has 0 bridgehead atoms. The fourth-order valence-corrected chi connectivity index (χ4v) is 8.57. The molecule has 0 saturated heterocycles. The van der Waals surface area contributed by atoms with Gasteiger partial charge in [-0.3, -0.25) is 0 Å². The van der Waals surface area contributed by atoms with E-state index in [0.29, 0.717) is 37.0 Å². The van der Waals surface area contributed by atoms with Crippen LogP contribution in [0.2, 0.25) is 0 Å². The van der Waals surface area contributed by atoms with E-state index >= 15 is 0 Å². The standard InChI is InChI=1S/C30H41FO4S/c1-20(6-5-17-36(34,35)26-12-10-24(31)11-13-26)27-14-15-28-22(7-4-16-30(27,28)3)8-9-23-18-25(32)19-29(33)21(23)2/h8-13,20,25,27-29,32-33H,2,4-7,14-19H2,1,3H3/b22-8+,23-9-/t20-,25-,27-,28+,29+,30-/m1/s1. The van der Waals surface area contributed by atoms with Gasteiger partial charge in [0.05, 0.1) is 22.9 Å². The predicted octanol–water partition coefficient (Wildman–Crippen LogP) is 6.16. The Morgan fingerprint density at radius 1 is 1.19 bits per heavy atom. The van der Waals surface area contributed by atoms with E-state index in [1.165, 1.54) is 36.3 Å². The van der Waals surface area contributed by atoms with Crippen LogP contribution in [0.5, 0.6) is 0 Å². The Hall–Kier alpha value is -1.76. The summed E-state index contributed by atoms with van der Waals surface area (Å²) in [5, 5.41) is 20.2. The molecule has 6 heteroatoms. The van der Waals surface area contributed by atoms with E-state index in [1.54, 1.807) is 0 Å². The molecule has 3 aliphatic carbocycles. The molecule has 0 radical (unpaired) electrons. The van der Waals surface area contributed by atoms with Gasteiger partial charge in [0.15, 0.2) is 9.84 Å². The zero-order chi connectivity index (χ0) is 26.1. The molecule has 1 aromatic rings. The number of benzene rings is 1. The fraction of sp³-hybridized carbons (Fsp3) is 0.600. The van der Waals surface area contributed by atoms with Crippen molar-refractivity contribution in [2.75, 3.05) is 5.75 Å². The van der Waals surface area contributed by atoms with E-state index in [-0.39, 0.29) is 16.1 Å². The second kappa shape index (κ2) is 10.9. The minimum Gasteiger partial charge on any atom is -0.393 e. The van der Waals surface area contributed by atoms with Crippen molar-refractivity contribution in [2.45, 2.75) is 88.7 Å². The summed E-state index contributed by atoms with van der Waals surface area (Å²) in [5.41, 5.74) is 3.35. The minimum atomic E-state index is -3.40. The van der Waals surface area contributed by atoms with Gasteiger partial charge in [-0.15, -0.1) is 0 Å². The van der Waals surface area contributed by atoms with E-state index < -0.39 is 27.9 Å². The maximum absolute atomic E-state index is 13.2. The van der Waals surface area contributed by atoms with Crippen molar-refractivity contribution in [1.29, 1.82) is 0 Å². The van der Waals surface area contributed by atoms with Crippen LogP contribution >= 0.6 is 0 Å². The molecule has 36 heavy (non-hydrogen) atoms. The van der Waals surface area contributed by atoms with E-state index in [4.69, 9.17) is 0 Å². The van der Waals surface area contributed by atoms with Crippen LogP contribution in [0.4, 0.5) is 4.39 Å². The van der Waals surface area contributed by atoms with Gasteiger partial charge in [-0.1, -0.05) is 38.2 Å². The first-order valence-corrected chi connectivity index (χ1v) is 15.1. The summed E-state index contributed by atoms with van der Waals surface area (Å²) in [6.45, 7) is 8.74. The lowest BCUT2D eigenvalue weighted by molar-refractivity contribution is 0.0861. The largest absolute Gasteiger partial charge is 0.393 e. The molecule has 0 aliphatic heterocycles. The van der Waals surface area contributed by atoms with E-state index in [2.05, 4.69) is 32.6 Å². The molecular weight excluding hydrogens is 475 g/mol. The van der Waals surface area contributed by atoms with Crippen molar-refractivity contribution in [3.63, 3.8) is 0 Å². The normalized spacial score (nSPS) is 34.2. The molecule has 0 heterocycles. The van der Waals surface area contributed by atoms with Crippen LogP contribution in [0.3, 0.4) is 0 Å². The van der Waals surface area contributed by atoms with Gasteiger partial charge >= 0.3 is 0 Å². The molecule has 0 spiro atoms. The third kappa shape index (κ3) is 5.71. The predicted molar refractivity (Wildman–Crippen MR) is 142 cm³/mol. The van der Waals surface area contributed by atoms with Gasteiger partial charge in [-0.25, -0.2) is 12.8 Å². The van der Waals surface area contributed by atoms with Crippen molar-refractivity contribution in [3.8, 4) is 0 Å². The topological polar surface area (TPSA) is 74.6 Å². The second-order valence-electron chi connectivity index (χ2n) is 11.6. The van der Waals surface area contributed by atoms with Crippen LogP contribution in [0.15, 0.2) is 64.6 Å². The van der Waals surface area contributed by atoms with Crippen LogP contribution in [0.25, 0.3) is 0 Å². The second-order valence-corrected chi connectivity index (χ2v) is 13.7. The van der Waals surface area contributed by atoms with Crippen LogP contribution in [0.1, 0.15) is 71.6 Å². The van der Waals surface area contributed by atoms with Crippen molar-refractivity contribution < 1.29 is 23.0 Å². The average Bonchev–Trinajstić information content (AvgIpc) is 3.18. The Morgan fingerprint density at radius 2 is 1.92 bits per heavy atom. The lowest BCUT2D eigenvalue weighted by Gasteiger charge is -2.44. The maximum Gasteiger partial charge on any atom is 0.178 e. The maximum atomic E-state index is 13.2. The lowest BCUT2D eigenvalue weighted by Crippen LogP contribution is -2.36. The Bertz CT molecular complexity index is 1120. The van der Waals surface area contributed by atoms with Gasteiger partial charge < -0.3 is 10.2 Å². The minimum absolute atomic E-state index is 0.0934. The summed E-state index contributed by atoms with van der Waals surface area (Å²) in [5.74, 6) is 1.17. The summed E-state index contributed by atoms with van der Waals surface area (Å²) in [4.78, 5) is 0.196. The Labute approximate surface area is 215 Å². The zero-order valence-electron chi connectivity index (χ0n) is 21.6. The molecule has 3 aliphatic rings. The third-order valence-corrected chi connectivity index (χ3v) is 11.1. The highest BCUT2D eigenvalue weighted by Crippen LogP contribution is 2.59. The number of sulfone groups is 1. The highest BCUT2D eigenvalue weighted by Gasteiger charge is 2.50. The number of halogens is 1. The van der Waals surface area contributed by atoms with Gasteiger partial charge in [-0.05, 0) is 110 Å². The van der Waals surface area contributed by atoms with Crippen molar-refractivity contribution in [3.05, 3.63) is 65.5 Å². The van der Waals surface area contributed by atoms with Gasteiger partial charge in [0.1, 0.15) is 5.82 Å². The van der Waals surface area contributed by atoms with Crippen LogP contribution < -0.4 is 0 Å². The molecule has 198 valence electrons. The molecule has 6 atom stereocenters. The highest BCUT2D eigenvalue weighted by atomic mass is 32.2. The van der Waals surface area contributed by atoms with Gasteiger partial charge in [-0.2, -0.15) is 0 Å². The summed E-state index contributed by atoms with van der Waals surface area (Å²) in [6, 6.07) is 5.11. The van der Waals surface area contributed by atoms with Crippen LogP contribution in [-0.4, -0.2) is 36.6 Å². The number of aliphatic hydroxyl groups excluding tert-OH is 2. The molecule has 0 amide bonds. The summed E-state index contributed by atoms with van der Waals surface area (Å²) in [7, 11) is -3.40. The van der Waals surface area contributed by atoms with Gasteiger partial charge in [0.25, 0.3) is 0 Å². The third-order valence-electron chi connectivity index (χ3n) is 9.23. The summed E-state index contributed by atoms with van der Waals surface area (Å²) >= 11 is 0. The summed E-state index contributed by atoms with van der Waals surface area (Å²) < 4.78 is 38.5. The van der Waals surface area contributed by atoms with Gasteiger partial charge in [0.2, 0.25) is 0 Å². The zero-order valence-corrected chi connectivity index (χ0v) is 22.4. The first kappa shape index (κ1) is 27.3. The molecular formula is C30H41FO4S. The van der Waals surface area contributed by atoms with Crippen molar-refractivity contribution in [2.24, 2.45) is 23.2 Å². The molecule has 1 aromatic carbocycles. The number of hydrogen-bond acceptors (Lipinski definition) is 4. The molecule has 4 nitrogen and oxygen atoms in total. The van der Waals surface area contributed by atoms with Crippen molar-refractivity contribution in [1.82, 2.24) is 0 Å². The molecule has 3 saturated carbocycles. The number of rotatable bonds is 7.